The number of piperidine rings is 1. The molecule has 3 aliphatic rings. The van der Waals surface area contributed by atoms with Gasteiger partial charge in [-0.05, 0) is 32.3 Å². The lowest BCUT2D eigenvalue weighted by Crippen LogP contribution is -2.42. The van der Waals surface area contributed by atoms with E-state index in [1.54, 1.807) is 0 Å². The minimum absolute atomic E-state index is 0.0315. The van der Waals surface area contributed by atoms with Gasteiger partial charge in [0.05, 0.1) is 6.61 Å². The lowest BCUT2D eigenvalue weighted by Gasteiger charge is -2.33. The number of para-hydroxylation sites is 1. The molecular weight excluding hydrogens is 330 g/mol. The number of likely N-dealkylation sites (tertiary alicyclic amines) is 2. The Balaban J connectivity index is 1.41. The molecule has 1 unspecified atom stereocenters. The zero-order valence-corrected chi connectivity index (χ0v) is 15.2. The van der Waals surface area contributed by atoms with E-state index in [1.807, 2.05) is 36.1 Å². The van der Waals surface area contributed by atoms with Crippen LogP contribution in [0.15, 0.2) is 29.8 Å². The molecule has 6 nitrogen and oxygen atoms in total. The maximum atomic E-state index is 12.4. The fraction of sp³-hybridized carbons (Fsp3) is 0.500. The van der Waals surface area contributed by atoms with Crippen LogP contribution in [0.25, 0.3) is 5.57 Å². The highest BCUT2D eigenvalue weighted by Crippen LogP contribution is 2.37. The number of benzene rings is 1. The van der Waals surface area contributed by atoms with Gasteiger partial charge in [0.25, 0.3) is 5.91 Å². The Kier molecular flexibility index (Phi) is 4.68. The number of nitrogens with one attached hydrogen (secondary N) is 1. The molecule has 2 amide bonds. The van der Waals surface area contributed by atoms with Crippen LogP contribution in [0.1, 0.15) is 31.7 Å². The lowest BCUT2D eigenvalue weighted by atomic mass is 9.93. The van der Waals surface area contributed by atoms with Gasteiger partial charge in [-0.1, -0.05) is 23.8 Å². The first kappa shape index (κ1) is 17.1. The van der Waals surface area contributed by atoms with Gasteiger partial charge in [-0.3, -0.25) is 9.69 Å². The summed E-state index contributed by atoms with van der Waals surface area (Å²) in [6, 6.07) is 8.31. The van der Waals surface area contributed by atoms with Gasteiger partial charge in [0.15, 0.2) is 0 Å². The van der Waals surface area contributed by atoms with Crippen molar-refractivity contribution in [1.29, 1.82) is 0 Å². The Hall–Kier alpha value is -2.34. The SMILES string of the molecule is CCOC(=O)N1CCC(N2CCC(=C3C(=O)Nc4ccccc43)CC2)C1. The Labute approximate surface area is 153 Å². The van der Waals surface area contributed by atoms with Crippen LogP contribution < -0.4 is 5.32 Å². The van der Waals surface area contributed by atoms with Crippen molar-refractivity contribution in [2.45, 2.75) is 32.2 Å². The normalized spacial score (nSPS) is 23.2. The number of hydrogen-bond donors (Lipinski definition) is 1. The highest BCUT2D eigenvalue weighted by Gasteiger charge is 2.34. The zero-order chi connectivity index (χ0) is 18.1. The molecule has 1 aromatic rings. The van der Waals surface area contributed by atoms with Crippen LogP contribution in [-0.2, 0) is 9.53 Å². The van der Waals surface area contributed by atoms with Crippen molar-refractivity contribution in [2.75, 3.05) is 38.1 Å². The molecule has 1 N–H and O–H groups in total. The molecule has 1 atom stereocenters. The van der Waals surface area contributed by atoms with Crippen molar-refractivity contribution >= 4 is 23.3 Å². The fourth-order valence-corrected chi connectivity index (χ4v) is 4.30. The van der Waals surface area contributed by atoms with E-state index in [-0.39, 0.29) is 12.0 Å². The maximum absolute atomic E-state index is 12.4. The van der Waals surface area contributed by atoms with Crippen LogP contribution in [0.3, 0.4) is 0 Å². The molecule has 0 saturated carbocycles. The number of anilines is 1. The van der Waals surface area contributed by atoms with Crippen molar-refractivity contribution in [2.24, 2.45) is 0 Å². The van der Waals surface area contributed by atoms with Gasteiger partial charge in [0, 0.05) is 49.0 Å². The van der Waals surface area contributed by atoms with Crippen LogP contribution in [-0.4, -0.2) is 60.6 Å². The van der Waals surface area contributed by atoms with Crippen LogP contribution in [0.4, 0.5) is 10.5 Å². The molecule has 3 aliphatic heterocycles. The third-order valence-corrected chi connectivity index (χ3v) is 5.63. The van der Waals surface area contributed by atoms with Gasteiger partial charge in [0.2, 0.25) is 0 Å². The summed E-state index contributed by atoms with van der Waals surface area (Å²) in [5, 5.41) is 2.97. The predicted octanol–water partition coefficient (Wildman–Crippen LogP) is 2.72. The molecule has 0 spiro atoms. The summed E-state index contributed by atoms with van der Waals surface area (Å²) in [6.45, 7) is 5.65. The molecule has 2 saturated heterocycles. The molecule has 0 aromatic heterocycles. The number of carbonyl (C=O) groups excluding carboxylic acids is 2. The lowest BCUT2D eigenvalue weighted by molar-refractivity contribution is -0.110. The van der Waals surface area contributed by atoms with E-state index >= 15 is 0 Å². The first-order chi connectivity index (χ1) is 12.7. The summed E-state index contributed by atoms with van der Waals surface area (Å²) in [5.74, 6) is 0.0315. The molecule has 6 heteroatoms. The minimum Gasteiger partial charge on any atom is -0.450 e. The van der Waals surface area contributed by atoms with E-state index < -0.39 is 0 Å². The summed E-state index contributed by atoms with van der Waals surface area (Å²) in [5.41, 5.74) is 4.09. The molecule has 2 fully saturated rings. The van der Waals surface area contributed by atoms with E-state index in [4.69, 9.17) is 4.74 Å². The van der Waals surface area contributed by atoms with E-state index in [0.717, 1.165) is 62.3 Å². The van der Waals surface area contributed by atoms with Crippen LogP contribution in [0, 0.1) is 0 Å². The Morgan fingerprint density at radius 1 is 1.23 bits per heavy atom. The van der Waals surface area contributed by atoms with Gasteiger partial charge in [0.1, 0.15) is 0 Å². The van der Waals surface area contributed by atoms with Crippen LogP contribution in [0.5, 0.6) is 0 Å². The standard InChI is InChI=1S/C20H25N3O3/c1-2-26-20(25)23-12-9-15(13-23)22-10-7-14(8-11-22)18-16-5-3-4-6-17(16)21-19(18)24/h3-6,15H,2,7-13H2,1H3,(H,21,24). The molecule has 3 heterocycles. The topological polar surface area (TPSA) is 61.9 Å². The Morgan fingerprint density at radius 2 is 2.00 bits per heavy atom. The predicted molar refractivity (Wildman–Crippen MR) is 99.8 cm³/mol. The number of amides is 2. The average molecular weight is 355 g/mol. The van der Waals surface area contributed by atoms with Gasteiger partial charge >= 0.3 is 6.09 Å². The second-order valence-corrected chi connectivity index (χ2v) is 7.10. The summed E-state index contributed by atoms with van der Waals surface area (Å²) >= 11 is 0. The molecule has 0 bridgehead atoms. The van der Waals surface area contributed by atoms with Gasteiger partial charge in [-0.2, -0.15) is 0 Å². The summed E-state index contributed by atoms with van der Waals surface area (Å²) in [6.07, 6.45) is 2.61. The molecule has 0 aliphatic carbocycles. The molecule has 4 rings (SSSR count). The number of fused-ring (bicyclic) bond motifs is 1. The minimum atomic E-state index is -0.200. The average Bonchev–Trinajstić information content (AvgIpc) is 3.26. The monoisotopic (exact) mass is 355 g/mol. The number of hydrogen-bond acceptors (Lipinski definition) is 4. The van der Waals surface area contributed by atoms with Crippen LogP contribution in [0.2, 0.25) is 0 Å². The van der Waals surface area contributed by atoms with Crippen molar-refractivity contribution in [3.63, 3.8) is 0 Å². The molecule has 0 radical (unpaired) electrons. The summed E-state index contributed by atoms with van der Waals surface area (Å²) < 4.78 is 5.11. The van der Waals surface area contributed by atoms with E-state index in [1.165, 1.54) is 5.57 Å². The Morgan fingerprint density at radius 3 is 2.77 bits per heavy atom. The largest absolute Gasteiger partial charge is 0.450 e. The van der Waals surface area contributed by atoms with E-state index in [9.17, 15) is 9.59 Å². The highest BCUT2D eigenvalue weighted by atomic mass is 16.6. The summed E-state index contributed by atoms with van der Waals surface area (Å²) in [4.78, 5) is 28.6. The van der Waals surface area contributed by atoms with Crippen molar-refractivity contribution in [1.82, 2.24) is 9.80 Å². The molecular formula is C20H25N3O3. The Bertz CT molecular complexity index is 748. The van der Waals surface area contributed by atoms with Crippen molar-refractivity contribution in [3.05, 3.63) is 35.4 Å². The van der Waals surface area contributed by atoms with Gasteiger partial charge in [-0.15, -0.1) is 0 Å². The smallest absolute Gasteiger partial charge is 0.409 e. The van der Waals surface area contributed by atoms with Gasteiger partial charge in [-0.25, -0.2) is 4.79 Å². The zero-order valence-electron chi connectivity index (χ0n) is 15.2. The number of ether oxygens (including phenoxy) is 1. The third kappa shape index (κ3) is 3.09. The van der Waals surface area contributed by atoms with Gasteiger partial charge < -0.3 is 15.0 Å². The molecule has 1 aromatic carbocycles. The second-order valence-electron chi connectivity index (χ2n) is 7.10. The van der Waals surface area contributed by atoms with E-state index in [2.05, 4.69) is 10.2 Å². The third-order valence-electron chi connectivity index (χ3n) is 5.63. The summed E-state index contributed by atoms with van der Waals surface area (Å²) in [7, 11) is 0. The number of rotatable bonds is 2. The number of nitrogens with zero attached hydrogens (tertiary/aromatic N) is 2. The van der Waals surface area contributed by atoms with E-state index in [0.29, 0.717) is 12.6 Å². The fourth-order valence-electron chi connectivity index (χ4n) is 4.30. The number of carbonyl (C=O) groups is 2. The first-order valence-corrected chi connectivity index (χ1v) is 9.46. The quantitative estimate of drug-likeness (QED) is 0.829. The highest BCUT2D eigenvalue weighted by molar-refractivity contribution is 6.32. The van der Waals surface area contributed by atoms with Crippen LogP contribution >= 0.6 is 0 Å². The van der Waals surface area contributed by atoms with Crippen molar-refractivity contribution < 1.29 is 14.3 Å². The molecule has 26 heavy (non-hydrogen) atoms. The van der Waals surface area contributed by atoms with Crippen molar-refractivity contribution in [3.8, 4) is 0 Å². The maximum Gasteiger partial charge on any atom is 0.409 e. The molecule has 138 valence electrons. The first-order valence-electron chi connectivity index (χ1n) is 9.46. The second kappa shape index (κ2) is 7.11.